The lowest BCUT2D eigenvalue weighted by Gasteiger charge is -2.49. The van der Waals surface area contributed by atoms with E-state index in [1.807, 2.05) is 0 Å². The maximum Gasteiger partial charge on any atom is 0.336 e. The van der Waals surface area contributed by atoms with Crippen LogP contribution in [0.3, 0.4) is 0 Å². The Morgan fingerprint density at radius 1 is 0.870 bits per heavy atom. The zero-order chi connectivity index (χ0) is 17.7. The van der Waals surface area contributed by atoms with Gasteiger partial charge in [-0.3, -0.25) is 0 Å². The lowest BCUT2D eigenvalue weighted by molar-refractivity contribution is 0.163. The molecule has 138 valence electrons. The topological polar surface area (TPSA) is 24.9 Å². The van der Waals surface area contributed by atoms with Gasteiger partial charge in [-0.2, -0.15) is 0 Å². The van der Waals surface area contributed by atoms with E-state index in [1.54, 1.807) is 0 Å². The number of rotatable bonds is 8. The fourth-order valence-corrected chi connectivity index (χ4v) is 7.75. The lowest BCUT2D eigenvalue weighted by Crippen LogP contribution is -2.61. The minimum Gasteiger partial charge on any atom is -0.395 e. The van der Waals surface area contributed by atoms with Crippen molar-refractivity contribution in [3.63, 3.8) is 0 Å². The summed E-state index contributed by atoms with van der Waals surface area (Å²) in [7, 11) is -3.32. The third-order valence-electron chi connectivity index (χ3n) is 5.78. The van der Waals surface area contributed by atoms with Gasteiger partial charge in [-0.15, -0.1) is 0 Å². The predicted octanol–water partition coefficient (Wildman–Crippen LogP) is 3.75. The Morgan fingerprint density at radius 2 is 1.35 bits per heavy atom. The third kappa shape index (κ3) is 5.94. The van der Waals surface area contributed by atoms with Crippen LogP contribution < -0.4 is 0 Å². The molecule has 0 aromatic carbocycles. The Balaban J connectivity index is 2.48. The first-order valence-electron chi connectivity index (χ1n) is 9.31. The molecule has 0 N–H and O–H groups in total. The van der Waals surface area contributed by atoms with E-state index in [0.717, 1.165) is 25.8 Å². The van der Waals surface area contributed by atoms with E-state index < -0.39 is 16.8 Å². The maximum absolute atomic E-state index is 5.97. The SMILES string of the molecule is CCO[Si](C)(CCN1CCN([Si](C)(C)C(C)(C)C)CC1)OCC. The monoisotopic (exact) mass is 360 g/mol. The summed E-state index contributed by atoms with van der Waals surface area (Å²) >= 11 is 0. The van der Waals surface area contributed by atoms with E-state index >= 15 is 0 Å². The van der Waals surface area contributed by atoms with E-state index in [4.69, 9.17) is 8.85 Å². The van der Waals surface area contributed by atoms with Crippen molar-refractivity contribution >= 4 is 16.8 Å². The number of hydrogen-bond donors (Lipinski definition) is 0. The molecule has 0 unspecified atom stereocenters. The molecule has 1 rings (SSSR count). The summed E-state index contributed by atoms with van der Waals surface area (Å²) in [4.78, 5) is 2.60. The second-order valence-electron chi connectivity index (χ2n) is 8.39. The van der Waals surface area contributed by atoms with Crippen LogP contribution in [0.4, 0.5) is 0 Å². The molecule has 4 nitrogen and oxygen atoms in total. The summed E-state index contributed by atoms with van der Waals surface area (Å²) in [6.45, 7) is 26.1. The van der Waals surface area contributed by atoms with Crippen LogP contribution in [-0.4, -0.2) is 72.2 Å². The Morgan fingerprint density at radius 3 is 1.74 bits per heavy atom. The first kappa shape index (κ1) is 21.3. The zero-order valence-corrected chi connectivity index (χ0v) is 18.9. The van der Waals surface area contributed by atoms with Gasteiger partial charge < -0.3 is 18.3 Å². The van der Waals surface area contributed by atoms with Crippen molar-refractivity contribution in [3.05, 3.63) is 0 Å². The number of hydrogen-bond acceptors (Lipinski definition) is 4. The van der Waals surface area contributed by atoms with Crippen molar-refractivity contribution in [2.45, 2.75) is 65.3 Å². The first-order chi connectivity index (χ1) is 10.6. The average Bonchev–Trinajstić information content (AvgIpc) is 2.45. The Labute approximate surface area is 146 Å². The molecule has 1 saturated heterocycles. The first-order valence-corrected chi connectivity index (χ1v) is 14.8. The van der Waals surface area contributed by atoms with Gasteiger partial charge in [0.15, 0.2) is 0 Å². The molecule has 1 heterocycles. The summed E-state index contributed by atoms with van der Waals surface area (Å²) in [6, 6.07) is 1.08. The van der Waals surface area contributed by atoms with E-state index in [2.05, 4.69) is 63.7 Å². The van der Waals surface area contributed by atoms with Crippen LogP contribution in [0.15, 0.2) is 0 Å². The molecule has 0 aliphatic carbocycles. The zero-order valence-electron chi connectivity index (χ0n) is 16.9. The molecule has 1 aliphatic heterocycles. The molecule has 6 heteroatoms. The molecule has 0 spiro atoms. The van der Waals surface area contributed by atoms with Gasteiger partial charge in [0.2, 0.25) is 0 Å². The Kier molecular flexibility index (Phi) is 7.95. The van der Waals surface area contributed by atoms with E-state index in [9.17, 15) is 0 Å². The normalized spacial score (nSPS) is 19.3. The van der Waals surface area contributed by atoms with Crippen LogP contribution in [0, 0.1) is 0 Å². The van der Waals surface area contributed by atoms with E-state index in [0.29, 0.717) is 5.04 Å². The highest BCUT2D eigenvalue weighted by Crippen LogP contribution is 2.38. The molecule has 0 saturated carbocycles. The van der Waals surface area contributed by atoms with Crippen molar-refractivity contribution in [1.29, 1.82) is 0 Å². The molecular weight excluding hydrogens is 320 g/mol. The van der Waals surface area contributed by atoms with Crippen LogP contribution in [0.25, 0.3) is 0 Å². The largest absolute Gasteiger partial charge is 0.395 e. The second kappa shape index (κ2) is 8.58. The fourth-order valence-electron chi connectivity index (χ4n) is 3.16. The van der Waals surface area contributed by atoms with Crippen LogP contribution in [-0.2, 0) is 8.85 Å². The van der Waals surface area contributed by atoms with Gasteiger partial charge in [0.1, 0.15) is 8.24 Å². The van der Waals surface area contributed by atoms with Gasteiger partial charge in [0, 0.05) is 52.0 Å². The maximum atomic E-state index is 5.97. The molecule has 1 aliphatic rings. The molecular formula is C17H40N2O2Si2. The van der Waals surface area contributed by atoms with Crippen molar-refractivity contribution in [2.75, 3.05) is 45.9 Å². The quantitative estimate of drug-likeness (QED) is 0.615. The van der Waals surface area contributed by atoms with Crippen LogP contribution in [0.5, 0.6) is 0 Å². The summed E-state index contributed by atoms with van der Waals surface area (Å²) in [5.41, 5.74) is 0. The van der Waals surface area contributed by atoms with Gasteiger partial charge >= 0.3 is 8.56 Å². The highest BCUT2D eigenvalue weighted by Gasteiger charge is 2.42. The van der Waals surface area contributed by atoms with Crippen molar-refractivity contribution in [2.24, 2.45) is 0 Å². The molecule has 0 aromatic heterocycles. The minimum atomic E-state index is -1.96. The molecule has 0 aromatic rings. The van der Waals surface area contributed by atoms with Crippen molar-refractivity contribution < 1.29 is 8.85 Å². The minimum absolute atomic E-state index is 0.435. The van der Waals surface area contributed by atoms with Crippen LogP contribution in [0.2, 0.25) is 30.7 Å². The average molecular weight is 361 g/mol. The van der Waals surface area contributed by atoms with E-state index in [-0.39, 0.29) is 0 Å². The highest BCUT2D eigenvalue weighted by atomic mass is 28.4. The van der Waals surface area contributed by atoms with Crippen molar-refractivity contribution in [1.82, 2.24) is 9.47 Å². The third-order valence-corrected chi connectivity index (χ3v) is 14.4. The van der Waals surface area contributed by atoms with Gasteiger partial charge in [-0.05, 0) is 25.4 Å². The van der Waals surface area contributed by atoms with Crippen LogP contribution in [0.1, 0.15) is 34.6 Å². The van der Waals surface area contributed by atoms with Crippen LogP contribution >= 0.6 is 0 Å². The molecule has 23 heavy (non-hydrogen) atoms. The standard InChI is InChI=1S/C17H40N2O2Si2/c1-9-20-23(8,21-10-2)16-15-18-11-13-19(14-12-18)22(6,7)17(3,4)5/h9-16H2,1-8H3. The molecule has 0 radical (unpaired) electrons. The van der Waals surface area contributed by atoms with Gasteiger partial charge in [-0.25, -0.2) is 0 Å². The summed E-state index contributed by atoms with van der Waals surface area (Å²) in [5, 5.41) is 0.435. The molecule has 0 amide bonds. The summed E-state index contributed by atoms with van der Waals surface area (Å²) in [5.74, 6) is 0. The molecule has 1 fully saturated rings. The smallest absolute Gasteiger partial charge is 0.336 e. The van der Waals surface area contributed by atoms with Gasteiger partial charge in [0.25, 0.3) is 0 Å². The molecule has 0 atom stereocenters. The summed E-state index contributed by atoms with van der Waals surface area (Å²) in [6.07, 6.45) is 0. The Hall–Kier alpha value is 0.274. The van der Waals surface area contributed by atoms with E-state index in [1.165, 1.54) is 26.2 Å². The number of nitrogens with zero attached hydrogens (tertiary/aromatic N) is 2. The van der Waals surface area contributed by atoms with Crippen molar-refractivity contribution in [3.8, 4) is 0 Å². The summed E-state index contributed by atoms with van der Waals surface area (Å²) < 4.78 is 14.7. The van der Waals surface area contributed by atoms with Gasteiger partial charge in [0.05, 0.1) is 0 Å². The molecule has 0 bridgehead atoms. The number of piperazine rings is 1. The predicted molar refractivity (Wildman–Crippen MR) is 105 cm³/mol. The fraction of sp³-hybridized carbons (Fsp3) is 1.00. The Bertz CT molecular complexity index is 345. The second-order valence-corrected chi connectivity index (χ2v) is 17.0. The highest BCUT2D eigenvalue weighted by molar-refractivity contribution is 6.77. The lowest BCUT2D eigenvalue weighted by atomic mass is 10.2. The van der Waals surface area contributed by atoms with Gasteiger partial charge in [-0.1, -0.05) is 33.9 Å².